The molecular weight excluding hydrogens is 308 g/mol. The Balaban J connectivity index is 1.63. The standard InChI is InChI=1S/C17H24N4OS/c1-3-19-9-11-20(12-10-19)16(22)13-23-17-18-14-7-5-6-8-15(14)21(17)4-2/h5-8H,3-4,9-13H2,1-2H3. The van der Waals surface area contributed by atoms with Crippen molar-refractivity contribution in [2.75, 3.05) is 38.5 Å². The number of likely N-dealkylation sites (N-methyl/N-ethyl adjacent to an activating group) is 1. The first-order chi connectivity index (χ1) is 11.2. The maximum Gasteiger partial charge on any atom is 0.233 e. The van der Waals surface area contributed by atoms with E-state index in [9.17, 15) is 4.79 Å². The van der Waals surface area contributed by atoms with E-state index in [2.05, 4.69) is 34.4 Å². The summed E-state index contributed by atoms with van der Waals surface area (Å²) in [5.74, 6) is 0.690. The summed E-state index contributed by atoms with van der Waals surface area (Å²) in [6, 6.07) is 8.14. The van der Waals surface area contributed by atoms with Crippen LogP contribution in [-0.4, -0.2) is 63.7 Å². The third kappa shape index (κ3) is 3.53. The van der Waals surface area contributed by atoms with Crippen LogP contribution in [0.3, 0.4) is 0 Å². The van der Waals surface area contributed by atoms with Gasteiger partial charge in [0.25, 0.3) is 0 Å². The molecule has 0 spiro atoms. The van der Waals surface area contributed by atoms with Crippen molar-refractivity contribution in [3.63, 3.8) is 0 Å². The topological polar surface area (TPSA) is 41.4 Å². The molecule has 2 aromatic rings. The minimum absolute atomic E-state index is 0.223. The molecule has 2 heterocycles. The fourth-order valence-electron chi connectivity index (χ4n) is 3.00. The molecule has 124 valence electrons. The molecule has 23 heavy (non-hydrogen) atoms. The number of nitrogens with zero attached hydrogens (tertiary/aromatic N) is 4. The highest BCUT2D eigenvalue weighted by Gasteiger charge is 2.21. The molecule has 1 aliphatic rings. The molecule has 0 unspecified atom stereocenters. The molecule has 6 heteroatoms. The first-order valence-corrected chi connectivity index (χ1v) is 9.29. The van der Waals surface area contributed by atoms with Gasteiger partial charge < -0.3 is 14.4 Å². The molecule has 1 saturated heterocycles. The van der Waals surface area contributed by atoms with Crippen molar-refractivity contribution in [1.82, 2.24) is 19.4 Å². The van der Waals surface area contributed by atoms with Crippen LogP contribution >= 0.6 is 11.8 Å². The Bertz CT molecular complexity index is 676. The van der Waals surface area contributed by atoms with E-state index < -0.39 is 0 Å². The number of para-hydroxylation sites is 2. The van der Waals surface area contributed by atoms with Crippen LogP contribution in [0.15, 0.2) is 29.4 Å². The quantitative estimate of drug-likeness (QED) is 0.788. The highest BCUT2D eigenvalue weighted by atomic mass is 32.2. The highest BCUT2D eigenvalue weighted by Crippen LogP contribution is 2.24. The van der Waals surface area contributed by atoms with Gasteiger partial charge in [-0.2, -0.15) is 0 Å². The number of hydrogen-bond acceptors (Lipinski definition) is 4. The van der Waals surface area contributed by atoms with Crippen molar-refractivity contribution in [2.24, 2.45) is 0 Å². The maximum absolute atomic E-state index is 12.4. The second-order valence-electron chi connectivity index (χ2n) is 5.73. The minimum Gasteiger partial charge on any atom is -0.339 e. The number of amides is 1. The van der Waals surface area contributed by atoms with Gasteiger partial charge in [0.1, 0.15) is 0 Å². The number of imidazole rings is 1. The number of aryl methyl sites for hydroxylation is 1. The number of piperazine rings is 1. The zero-order valence-corrected chi connectivity index (χ0v) is 14.7. The molecule has 0 atom stereocenters. The highest BCUT2D eigenvalue weighted by molar-refractivity contribution is 7.99. The predicted octanol–water partition coefficient (Wildman–Crippen LogP) is 2.31. The number of benzene rings is 1. The summed E-state index contributed by atoms with van der Waals surface area (Å²) in [5.41, 5.74) is 2.14. The molecule has 0 N–H and O–H groups in total. The number of carbonyl (C=O) groups excluding carboxylic acids is 1. The summed E-state index contributed by atoms with van der Waals surface area (Å²) < 4.78 is 2.18. The van der Waals surface area contributed by atoms with Crippen LogP contribution in [-0.2, 0) is 11.3 Å². The summed E-state index contributed by atoms with van der Waals surface area (Å²) in [7, 11) is 0. The van der Waals surface area contributed by atoms with Crippen LogP contribution in [0.4, 0.5) is 0 Å². The lowest BCUT2D eigenvalue weighted by Crippen LogP contribution is -2.49. The van der Waals surface area contributed by atoms with E-state index in [4.69, 9.17) is 0 Å². The van der Waals surface area contributed by atoms with Gasteiger partial charge >= 0.3 is 0 Å². The summed E-state index contributed by atoms with van der Waals surface area (Å²) in [6.07, 6.45) is 0. The third-order valence-corrected chi connectivity index (χ3v) is 5.39. The zero-order valence-electron chi connectivity index (χ0n) is 13.9. The van der Waals surface area contributed by atoms with E-state index in [1.165, 1.54) is 0 Å². The van der Waals surface area contributed by atoms with Crippen molar-refractivity contribution in [3.8, 4) is 0 Å². The minimum atomic E-state index is 0.223. The largest absolute Gasteiger partial charge is 0.339 e. The molecule has 5 nitrogen and oxygen atoms in total. The second-order valence-corrected chi connectivity index (χ2v) is 6.67. The van der Waals surface area contributed by atoms with E-state index in [1.54, 1.807) is 11.8 Å². The van der Waals surface area contributed by atoms with Crippen molar-refractivity contribution >= 4 is 28.7 Å². The van der Waals surface area contributed by atoms with Gasteiger partial charge in [0.2, 0.25) is 5.91 Å². The van der Waals surface area contributed by atoms with Gasteiger partial charge in [0.15, 0.2) is 5.16 Å². The first kappa shape index (κ1) is 16.3. The monoisotopic (exact) mass is 332 g/mol. The molecule has 1 aromatic carbocycles. The van der Waals surface area contributed by atoms with Crippen LogP contribution in [0.5, 0.6) is 0 Å². The Labute approximate surface area is 141 Å². The van der Waals surface area contributed by atoms with E-state index in [0.717, 1.165) is 55.5 Å². The first-order valence-electron chi connectivity index (χ1n) is 8.31. The van der Waals surface area contributed by atoms with Gasteiger partial charge in [-0.1, -0.05) is 30.8 Å². The predicted molar refractivity (Wildman–Crippen MR) is 94.8 cm³/mol. The molecule has 1 amide bonds. The Hall–Kier alpha value is -1.53. The van der Waals surface area contributed by atoms with Crippen LogP contribution in [0, 0.1) is 0 Å². The second kappa shape index (κ2) is 7.36. The lowest BCUT2D eigenvalue weighted by atomic mass is 10.3. The summed E-state index contributed by atoms with van der Waals surface area (Å²) in [4.78, 5) is 21.5. The Morgan fingerprint density at radius 3 is 2.57 bits per heavy atom. The average molecular weight is 332 g/mol. The number of thioether (sulfide) groups is 1. The van der Waals surface area contributed by atoms with Crippen molar-refractivity contribution in [2.45, 2.75) is 25.5 Å². The Morgan fingerprint density at radius 2 is 1.87 bits per heavy atom. The smallest absolute Gasteiger partial charge is 0.233 e. The van der Waals surface area contributed by atoms with Gasteiger partial charge in [0, 0.05) is 32.7 Å². The average Bonchev–Trinajstić information content (AvgIpc) is 2.97. The lowest BCUT2D eigenvalue weighted by molar-refractivity contribution is -0.130. The number of rotatable bonds is 5. The van der Waals surface area contributed by atoms with Crippen LogP contribution < -0.4 is 0 Å². The summed E-state index contributed by atoms with van der Waals surface area (Å²) >= 11 is 1.55. The molecule has 0 aliphatic carbocycles. The van der Waals surface area contributed by atoms with Crippen LogP contribution in [0.2, 0.25) is 0 Å². The summed E-state index contributed by atoms with van der Waals surface area (Å²) in [5, 5.41) is 0.939. The van der Waals surface area contributed by atoms with E-state index >= 15 is 0 Å². The summed E-state index contributed by atoms with van der Waals surface area (Å²) in [6.45, 7) is 9.88. The maximum atomic E-state index is 12.4. The molecule has 0 saturated carbocycles. The Kier molecular flexibility index (Phi) is 5.23. The lowest BCUT2D eigenvalue weighted by Gasteiger charge is -2.34. The van der Waals surface area contributed by atoms with Crippen molar-refractivity contribution in [3.05, 3.63) is 24.3 Å². The zero-order chi connectivity index (χ0) is 16.2. The fourth-order valence-corrected chi connectivity index (χ4v) is 3.98. The molecule has 0 radical (unpaired) electrons. The molecule has 1 fully saturated rings. The fraction of sp³-hybridized carbons (Fsp3) is 0.529. The van der Waals surface area contributed by atoms with Crippen molar-refractivity contribution in [1.29, 1.82) is 0 Å². The van der Waals surface area contributed by atoms with Gasteiger partial charge in [-0.15, -0.1) is 0 Å². The molecule has 1 aliphatic heterocycles. The molecule has 1 aromatic heterocycles. The van der Waals surface area contributed by atoms with Gasteiger partial charge in [-0.3, -0.25) is 4.79 Å². The third-order valence-electron chi connectivity index (χ3n) is 4.43. The van der Waals surface area contributed by atoms with Gasteiger partial charge in [-0.05, 0) is 25.6 Å². The SMILES string of the molecule is CCN1CCN(C(=O)CSc2nc3ccccc3n2CC)CC1. The van der Waals surface area contributed by atoms with Gasteiger partial charge in [-0.25, -0.2) is 4.98 Å². The molecule has 0 bridgehead atoms. The van der Waals surface area contributed by atoms with E-state index in [-0.39, 0.29) is 5.91 Å². The number of aromatic nitrogens is 2. The van der Waals surface area contributed by atoms with Crippen LogP contribution in [0.1, 0.15) is 13.8 Å². The van der Waals surface area contributed by atoms with Crippen LogP contribution in [0.25, 0.3) is 11.0 Å². The normalized spacial score (nSPS) is 16.2. The molecular formula is C17H24N4OS. The Morgan fingerprint density at radius 1 is 1.13 bits per heavy atom. The molecule has 3 rings (SSSR count). The number of hydrogen-bond donors (Lipinski definition) is 0. The number of fused-ring (bicyclic) bond motifs is 1. The van der Waals surface area contributed by atoms with Crippen molar-refractivity contribution < 1.29 is 4.79 Å². The van der Waals surface area contributed by atoms with E-state index in [0.29, 0.717) is 5.75 Å². The number of carbonyl (C=O) groups is 1. The van der Waals surface area contributed by atoms with Gasteiger partial charge in [0.05, 0.1) is 16.8 Å². The van der Waals surface area contributed by atoms with E-state index in [1.807, 2.05) is 23.1 Å².